The van der Waals surface area contributed by atoms with Crippen LogP contribution in [0, 0.1) is 11.8 Å². The minimum Gasteiger partial charge on any atom is -0.307 e. The number of benzene rings is 1. The van der Waals surface area contributed by atoms with Crippen molar-refractivity contribution in [1.82, 2.24) is 5.32 Å². The fraction of sp³-hybridized carbons (Fsp3) is 0.647. The lowest BCUT2D eigenvalue weighted by molar-refractivity contribution is 0.219. The first-order valence-corrected chi connectivity index (χ1v) is 7.48. The largest absolute Gasteiger partial charge is 0.307 e. The average molecular weight is 245 g/mol. The van der Waals surface area contributed by atoms with Crippen LogP contribution in [-0.2, 0) is 0 Å². The van der Waals surface area contributed by atoms with Gasteiger partial charge in [0.2, 0.25) is 0 Å². The Hall–Kier alpha value is -0.820. The molecule has 0 amide bonds. The van der Waals surface area contributed by atoms with Crippen LogP contribution in [0.4, 0.5) is 0 Å². The van der Waals surface area contributed by atoms with Crippen molar-refractivity contribution in [1.29, 1.82) is 0 Å². The Kier molecular flexibility index (Phi) is 4.82. The Morgan fingerprint density at radius 1 is 1.11 bits per heavy atom. The maximum atomic E-state index is 3.87. The molecule has 1 aliphatic carbocycles. The van der Waals surface area contributed by atoms with Crippen molar-refractivity contribution in [3.05, 3.63) is 35.9 Å². The highest BCUT2D eigenvalue weighted by molar-refractivity contribution is 5.19. The van der Waals surface area contributed by atoms with Crippen LogP contribution in [0.25, 0.3) is 0 Å². The van der Waals surface area contributed by atoms with Crippen molar-refractivity contribution in [2.45, 2.75) is 58.5 Å². The molecule has 1 heteroatoms. The molecule has 18 heavy (non-hydrogen) atoms. The fourth-order valence-corrected chi connectivity index (χ4v) is 2.85. The van der Waals surface area contributed by atoms with E-state index in [-0.39, 0.29) is 0 Å². The summed E-state index contributed by atoms with van der Waals surface area (Å²) < 4.78 is 0. The van der Waals surface area contributed by atoms with Gasteiger partial charge in [-0.25, -0.2) is 0 Å². The molecule has 2 rings (SSSR count). The lowest BCUT2D eigenvalue weighted by Gasteiger charge is -2.35. The van der Waals surface area contributed by atoms with Crippen molar-refractivity contribution < 1.29 is 0 Å². The van der Waals surface area contributed by atoms with E-state index in [2.05, 4.69) is 56.4 Å². The topological polar surface area (TPSA) is 12.0 Å². The van der Waals surface area contributed by atoms with Crippen LogP contribution in [0.2, 0.25) is 0 Å². The van der Waals surface area contributed by atoms with E-state index in [1.165, 1.54) is 31.2 Å². The van der Waals surface area contributed by atoms with Crippen LogP contribution >= 0.6 is 0 Å². The van der Waals surface area contributed by atoms with Crippen molar-refractivity contribution in [2.75, 3.05) is 0 Å². The molecular weight excluding hydrogens is 218 g/mol. The van der Waals surface area contributed by atoms with E-state index >= 15 is 0 Å². The van der Waals surface area contributed by atoms with Crippen molar-refractivity contribution >= 4 is 0 Å². The molecule has 0 saturated heterocycles. The van der Waals surface area contributed by atoms with E-state index < -0.39 is 0 Å². The van der Waals surface area contributed by atoms with E-state index in [1.54, 1.807) is 0 Å². The summed E-state index contributed by atoms with van der Waals surface area (Å²) in [5.41, 5.74) is 1.44. The van der Waals surface area contributed by atoms with Gasteiger partial charge in [-0.2, -0.15) is 0 Å². The summed E-state index contributed by atoms with van der Waals surface area (Å²) in [4.78, 5) is 0. The summed E-state index contributed by atoms with van der Waals surface area (Å²) in [7, 11) is 0. The lowest BCUT2D eigenvalue weighted by atomic mass is 9.80. The second-order valence-corrected chi connectivity index (χ2v) is 6.24. The molecule has 0 aliphatic heterocycles. The highest BCUT2D eigenvalue weighted by atomic mass is 15.0. The van der Waals surface area contributed by atoms with Crippen molar-refractivity contribution in [3.63, 3.8) is 0 Å². The van der Waals surface area contributed by atoms with Crippen LogP contribution in [0.1, 0.15) is 58.1 Å². The molecule has 0 radical (unpaired) electrons. The standard InChI is InChI=1S/C17H27N/c1-13(2)12-17(16-8-5-4-6-9-16)18-14(3)15-10-7-11-15/h4-6,8-9,13-15,17-18H,7,10-12H2,1-3H3. The van der Waals surface area contributed by atoms with Gasteiger partial charge in [0.25, 0.3) is 0 Å². The molecule has 1 aromatic carbocycles. The van der Waals surface area contributed by atoms with E-state index in [1.807, 2.05) is 0 Å². The second kappa shape index (κ2) is 6.38. The van der Waals surface area contributed by atoms with Gasteiger partial charge < -0.3 is 5.32 Å². The Bertz CT molecular complexity index is 340. The average Bonchev–Trinajstić information content (AvgIpc) is 2.26. The normalized spacial score (nSPS) is 19.6. The second-order valence-electron chi connectivity index (χ2n) is 6.24. The monoisotopic (exact) mass is 245 g/mol. The molecule has 0 aromatic heterocycles. The van der Waals surface area contributed by atoms with E-state index in [9.17, 15) is 0 Å². The van der Waals surface area contributed by atoms with Gasteiger partial charge in [0.1, 0.15) is 0 Å². The van der Waals surface area contributed by atoms with Gasteiger partial charge in [0.05, 0.1) is 0 Å². The van der Waals surface area contributed by atoms with Gasteiger partial charge in [-0.1, -0.05) is 50.6 Å². The van der Waals surface area contributed by atoms with Crippen LogP contribution in [0.15, 0.2) is 30.3 Å². The number of rotatable bonds is 6. The van der Waals surface area contributed by atoms with E-state index in [0.29, 0.717) is 12.1 Å². The summed E-state index contributed by atoms with van der Waals surface area (Å²) in [5.74, 6) is 1.64. The van der Waals surface area contributed by atoms with Gasteiger partial charge in [-0.15, -0.1) is 0 Å². The summed E-state index contributed by atoms with van der Waals surface area (Å²) >= 11 is 0. The van der Waals surface area contributed by atoms with Gasteiger partial charge in [0.15, 0.2) is 0 Å². The Balaban J connectivity index is 2.00. The van der Waals surface area contributed by atoms with E-state index in [0.717, 1.165) is 11.8 Å². The molecule has 1 fully saturated rings. The first-order valence-electron chi connectivity index (χ1n) is 7.48. The first-order chi connectivity index (χ1) is 8.66. The lowest BCUT2D eigenvalue weighted by Crippen LogP contribution is -2.39. The van der Waals surface area contributed by atoms with Crippen molar-refractivity contribution in [2.24, 2.45) is 11.8 Å². The predicted molar refractivity (Wildman–Crippen MR) is 78.6 cm³/mol. The Morgan fingerprint density at radius 3 is 2.28 bits per heavy atom. The van der Waals surface area contributed by atoms with Gasteiger partial charge >= 0.3 is 0 Å². The SMILES string of the molecule is CC(C)CC(NC(C)C1CCC1)c1ccccc1. The Labute approximate surface area is 112 Å². The molecule has 2 unspecified atom stereocenters. The van der Waals surface area contributed by atoms with E-state index in [4.69, 9.17) is 0 Å². The molecule has 1 nitrogen and oxygen atoms in total. The van der Waals surface area contributed by atoms with Crippen LogP contribution < -0.4 is 5.32 Å². The molecule has 0 bridgehead atoms. The minimum atomic E-state index is 0.516. The molecule has 0 heterocycles. The zero-order valence-electron chi connectivity index (χ0n) is 12.0. The fourth-order valence-electron chi connectivity index (χ4n) is 2.85. The number of hydrogen-bond donors (Lipinski definition) is 1. The third-order valence-electron chi connectivity index (χ3n) is 4.23. The summed E-state index contributed by atoms with van der Waals surface area (Å²) in [6.07, 6.45) is 5.48. The smallest absolute Gasteiger partial charge is 0.0325 e. The molecule has 100 valence electrons. The zero-order chi connectivity index (χ0) is 13.0. The quantitative estimate of drug-likeness (QED) is 0.775. The van der Waals surface area contributed by atoms with Gasteiger partial charge in [0, 0.05) is 12.1 Å². The Morgan fingerprint density at radius 2 is 1.78 bits per heavy atom. The maximum Gasteiger partial charge on any atom is 0.0325 e. The van der Waals surface area contributed by atoms with Crippen LogP contribution in [0.5, 0.6) is 0 Å². The highest BCUT2D eigenvalue weighted by Crippen LogP contribution is 2.31. The zero-order valence-corrected chi connectivity index (χ0v) is 12.0. The summed E-state index contributed by atoms with van der Waals surface area (Å²) in [5, 5.41) is 3.87. The van der Waals surface area contributed by atoms with Crippen LogP contribution in [0.3, 0.4) is 0 Å². The highest BCUT2D eigenvalue weighted by Gasteiger charge is 2.26. The number of hydrogen-bond acceptors (Lipinski definition) is 1. The first kappa shape index (κ1) is 13.6. The van der Waals surface area contributed by atoms with Gasteiger partial charge in [-0.05, 0) is 43.6 Å². The number of nitrogens with one attached hydrogen (secondary N) is 1. The minimum absolute atomic E-state index is 0.516. The molecule has 0 spiro atoms. The van der Waals surface area contributed by atoms with Gasteiger partial charge in [-0.3, -0.25) is 0 Å². The molecule has 1 N–H and O–H groups in total. The summed E-state index contributed by atoms with van der Waals surface area (Å²) in [6, 6.07) is 12.1. The van der Waals surface area contributed by atoms with Crippen molar-refractivity contribution in [3.8, 4) is 0 Å². The third kappa shape index (κ3) is 3.58. The summed E-state index contributed by atoms with van der Waals surface area (Å²) in [6.45, 7) is 6.98. The molecule has 2 atom stereocenters. The molecular formula is C17H27N. The molecule has 1 saturated carbocycles. The molecule has 1 aromatic rings. The third-order valence-corrected chi connectivity index (χ3v) is 4.23. The predicted octanol–water partition coefficient (Wildman–Crippen LogP) is 4.55. The van der Waals surface area contributed by atoms with Crippen LogP contribution in [-0.4, -0.2) is 6.04 Å². The molecule has 1 aliphatic rings. The maximum absolute atomic E-state index is 3.87.